The van der Waals surface area contributed by atoms with Crippen molar-refractivity contribution in [3.63, 3.8) is 0 Å². The number of rotatable bonds is 5. The maximum absolute atomic E-state index is 14.5. The van der Waals surface area contributed by atoms with Crippen LogP contribution < -0.4 is 4.74 Å². The Hall–Kier alpha value is -3.28. The molecule has 28 heavy (non-hydrogen) atoms. The number of fused-ring (bicyclic) bond motifs is 1. The summed E-state index contributed by atoms with van der Waals surface area (Å²) >= 11 is 0. The maximum Gasteiger partial charge on any atom is 0.168 e. The van der Waals surface area contributed by atoms with Crippen LogP contribution in [0.3, 0.4) is 0 Å². The average molecular weight is 376 g/mol. The lowest BCUT2D eigenvalue weighted by Crippen LogP contribution is -2.04. The summed E-state index contributed by atoms with van der Waals surface area (Å²) in [7, 11) is 1.57. The number of aromatic nitrogens is 4. The van der Waals surface area contributed by atoms with Crippen molar-refractivity contribution in [3.8, 4) is 16.9 Å². The van der Waals surface area contributed by atoms with Gasteiger partial charge in [0.2, 0.25) is 0 Å². The molecule has 6 heteroatoms. The van der Waals surface area contributed by atoms with Crippen molar-refractivity contribution >= 4 is 5.65 Å². The van der Waals surface area contributed by atoms with Crippen LogP contribution in [0.4, 0.5) is 4.39 Å². The summed E-state index contributed by atoms with van der Waals surface area (Å²) in [4.78, 5) is 4.37. The van der Waals surface area contributed by atoms with Crippen LogP contribution >= 0.6 is 0 Å². The number of pyridine rings is 2. The number of aryl methyl sites for hydroxylation is 3. The largest absolute Gasteiger partial charge is 0.496 e. The standard InChI is InChI=1S/C22H21FN4O/c1-14-11-20(23)19(21(12-14)28-3)9-7-16-6-8-18(22-26-25-13-27(16)22)17-5-4-10-24-15(17)2/h4-6,8,10-13H,7,9H2,1-3H3. The van der Waals surface area contributed by atoms with Gasteiger partial charge < -0.3 is 4.74 Å². The molecule has 0 aliphatic carbocycles. The predicted molar refractivity (Wildman–Crippen MR) is 106 cm³/mol. The first-order valence-electron chi connectivity index (χ1n) is 9.15. The fourth-order valence-corrected chi connectivity index (χ4v) is 3.56. The molecule has 0 fully saturated rings. The van der Waals surface area contributed by atoms with Crippen molar-refractivity contribution in [2.75, 3.05) is 7.11 Å². The van der Waals surface area contributed by atoms with E-state index >= 15 is 0 Å². The average Bonchev–Trinajstić information content (AvgIpc) is 3.17. The zero-order chi connectivity index (χ0) is 19.7. The van der Waals surface area contributed by atoms with Crippen LogP contribution in [0.25, 0.3) is 16.8 Å². The first kappa shape index (κ1) is 18.1. The lowest BCUT2D eigenvalue weighted by Gasteiger charge is -2.13. The molecule has 4 rings (SSSR count). The van der Waals surface area contributed by atoms with Crippen LogP contribution in [0.5, 0.6) is 5.75 Å². The lowest BCUT2D eigenvalue weighted by molar-refractivity contribution is 0.404. The molecule has 0 saturated carbocycles. The lowest BCUT2D eigenvalue weighted by atomic mass is 10.0. The minimum atomic E-state index is -0.237. The summed E-state index contributed by atoms with van der Waals surface area (Å²) in [6, 6.07) is 11.4. The number of nitrogens with zero attached hydrogens (tertiary/aromatic N) is 4. The summed E-state index contributed by atoms with van der Waals surface area (Å²) in [6.07, 6.45) is 4.63. The number of hydrogen-bond acceptors (Lipinski definition) is 4. The molecule has 0 amide bonds. The Labute approximate surface area is 162 Å². The van der Waals surface area contributed by atoms with Gasteiger partial charge in [0.25, 0.3) is 0 Å². The third kappa shape index (κ3) is 3.22. The van der Waals surface area contributed by atoms with Crippen molar-refractivity contribution in [1.82, 2.24) is 19.6 Å². The smallest absolute Gasteiger partial charge is 0.168 e. The molecule has 0 unspecified atom stereocenters. The van der Waals surface area contributed by atoms with E-state index in [9.17, 15) is 4.39 Å². The van der Waals surface area contributed by atoms with Crippen LogP contribution in [-0.2, 0) is 12.8 Å². The third-order valence-electron chi connectivity index (χ3n) is 4.99. The second kappa shape index (κ2) is 7.38. The van der Waals surface area contributed by atoms with Crippen molar-refractivity contribution in [3.05, 3.63) is 77.3 Å². The molecule has 0 saturated heterocycles. The summed E-state index contributed by atoms with van der Waals surface area (Å²) in [5.41, 5.74) is 6.14. The molecule has 0 N–H and O–H groups in total. The maximum atomic E-state index is 14.5. The molecule has 4 aromatic rings. The first-order valence-corrected chi connectivity index (χ1v) is 9.15. The zero-order valence-corrected chi connectivity index (χ0v) is 16.1. The molecule has 1 aromatic carbocycles. The Bertz CT molecular complexity index is 1150. The van der Waals surface area contributed by atoms with Gasteiger partial charge in [-0.25, -0.2) is 4.39 Å². The highest BCUT2D eigenvalue weighted by Crippen LogP contribution is 2.28. The number of ether oxygens (including phenoxy) is 1. The number of methoxy groups -OCH3 is 1. The summed E-state index contributed by atoms with van der Waals surface area (Å²) in [6.45, 7) is 3.83. The van der Waals surface area contributed by atoms with Crippen LogP contribution in [-0.4, -0.2) is 26.7 Å². The van der Waals surface area contributed by atoms with Crippen LogP contribution in [0.2, 0.25) is 0 Å². The fraction of sp³-hybridized carbons (Fsp3) is 0.227. The second-order valence-corrected chi connectivity index (χ2v) is 6.83. The van der Waals surface area contributed by atoms with Gasteiger partial charge in [-0.2, -0.15) is 0 Å². The second-order valence-electron chi connectivity index (χ2n) is 6.83. The molecule has 0 aliphatic rings. The van der Waals surface area contributed by atoms with Gasteiger partial charge in [0.1, 0.15) is 17.9 Å². The van der Waals surface area contributed by atoms with Crippen molar-refractivity contribution in [2.24, 2.45) is 0 Å². The molecule has 3 aromatic heterocycles. The third-order valence-corrected chi connectivity index (χ3v) is 4.99. The molecular weight excluding hydrogens is 355 g/mol. The van der Waals surface area contributed by atoms with E-state index in [1.54, 1.807) is 25.7 Å². The molecule has 0 radical (unpaired) electrons. The van der Waals surface area contributed by atoms with Crippen molar-refractivity contribution < 1.29 is 9.13 Å². The van der Waals surface area contributed by atoms with E-state index in [2.05, 4.69) is 15.2 Å². The van der Waals surface area contributed by atoms with Gasteiger partial charge in [-0.3, -0.25) is 9.38 Å². The normalized spacial score (nSPS) is 11.1. The van der Waals surface area contributed by atoms with Crippen LogP contribution in [0, 0.1) is 19.7 Å². The highest BCUT2D eigenvalue weighted by atomic mass is 19.1. The van der Waals surface area contributed by atoms with E-state index in [-0.39, 0.29) is 5.82 Å². The highest BCUT2D eigenvalue weighted by molar-refractivity contribution is 5.78. The Morgan fingerprint density at radius 2 is 1.93 bits per heavy atom. The van der Waals surface area contributed by atoms with Gasteiger partial charge in [0.05, 0.1) is 7.11 Å². The molecule has 142 valence electrons. The summed E-state index contributed by atoms with van der Waals surface area (Å²) < 4.78 is 21.8. The molecule has 3 heterocycles. The van der Waals surface area contributed by atoms with Gasteiger partial charge in [0, 0.05) is 34.3 Å². The Kier molecular flexibility index (Phi) is 4.77. The summed E-state index contributed by atoms with van der Waals surface area (Å²) in [5, 5.41) is 8.39. The topological polar surface area (TPSA) is 52.3 Å². The van der Waals surface area contributed by atoms with Crippen LogP contribution in [0.15, 0.2) is 48.9 Å². The van der Waals surface area contributed by atoms with Gasteiger partial charge in [0.15, 0.2) is 5.65 Å². The monoisotopic (exact) mass is 376 g/mol. The first-order chi connectivity index (χ1) is 13.6. The molecule has 0 atom stereocenters. The van der Waals surface area contributed by atoms with E-state index < -0.39 is 0 Å². The number of hydrogen-bond donors (Lipinski definition) is 0. The quantitative estimate of drug-likeness (QED) is 0.520. The Balaban J connectivity index is 1.70. The number of halogens is 1. The molecule has 0 spiro atoms. The van der Waals surface area contributed by atoms with Crippen molar-refractivity contribution in [2.45, 2.75) is 26.7 Å². The fourth-order valence-electron chi connectivity index (χ4n) is 3.56. The van der Waals surface area contributed by atoms with Gasteiger partial charge >= 0.3 is 0 Å². The minimum Gasteiger partial charge on any atom is -0.496 e. The molecule has 5 nitrogen and oxygen atoms in total. The van der Waals surface area contributed by atoms with Gasteiger partial charge in [-0.15, -0.1) is 10.2 Å². The van der Waals surface area contributed by atoms with Crippen LogP contribution in [0.1, 0.15) is 22.5 Å². The predicted octanol–water partition coefficient (Wildman–Crippen LogP) is 4.34. The highest BCUT2D eigenvalue weighted by Gasteiger charge is 2.15. The van der Waals surface area contributed by atoms with E-state index in [0.717, 1.165) is 33.7 Å². The van der Waals surface area contributed by atoms with E-state index in [4.69, 9.17) is 4.74 Å². The Morgan fingerprint density at radius 1 is 1.07 bits per heavy atom. The van der Waals surface area contributed by atoms with Gasteiger partial charge in [-0.1, -0.05) is 6.07 Å². The number of benzene rings is 1. The molecular formula is C22H21FN4O. The summed E-state index contributed by atoms with van der Waals surface area (Å²) in [5.74, 6) is 0.347. The SMILES string of the molecule is COc1cc(C)cc(F)c1CCc1ccc(-c2cccnc2C)c2nncn12. The zero-order valence-electron chi connectivity index (χ0n) is 16.1. The van der Waals surface area contributed by atoms with E-state index in [0.29, 0.717) is 24.2 Å². The van der Waals surface area contributed by atoms with E-state index in [1.807, 2.05) is 48.6 Å². The molecule has 0 bridgehead atoms. The van der Waals surface area contributed by atoms with E-state index in [1.165, 1.54) is 0 Å². The van der Waals surface area contributed by atoms with Gasteiger partial charge in [-0.05, 0) is 62.6 Å². The molecule has 0 aliphatic heterocycles. The van der Waals surface area contributed by atoms with Crippen molar-refractivity contribution in [1.29, 1.82) is 0 Å². The Morgan fingerprint density at radius 3 is 2.71 bits per heavy atom. The minimum absolute atomic E-state index is 0.237.